The summed E-state index contributed by atoms with van der Waals surface area (Å²) in [5.41, 5.74) is 0. The van der Waals surface area contributed by atoms with Crippen LogP contribution in [0.15, 0.2) is 0 Å². The van der Waals surface area contributed by atoms with Crippen LogP contribution in [0.25, 0.3) is 0 Å². The summed E-state index contributed by atoms with van der Waals surface area (Å²) in [6.45, 7) is 0. The number of aliphatic carboxylic acids is 1. The van der Waals surface area contributed by atoms with Gasteiger partial charge in [-0.1, -0.05) is 0 Å². The molecule has 2 N–H and O–H groups in total. The van der Waals surface area contributed by atoms with Crippen LogP contribution in [0.3, 0.4) is 0 Å². The molecule has 3 heteroatoms. The molecule has 0 aromatic rings. The molecule has 14 heavy (non-hydrogen) atoms. The number of carbonyl (C=O) groups is 1. The molecule has 0 spiro atoms. The molecule has 0 saturated heterocycles. The van der Waals surface area contributed by atoms with Gasteiger partial charge in [0.15, 0.2) is 0 Å². The second-order valence-electron chi connectivity index (χ2n) is 5.30. The van der Waals surface area contributed by atoms with Crippen LogP contribution in [-0.2, 0) is 4.79 Å². The fraction of sp³-hybridized carbons (Fsp3) is 0.909. The fourth-order valence-corrected chi connectivity index (χ4v) is 4.24. The number of aliphatic hydroxyl groups excluding tert-OH is 1. The van der Waals surface area contributed by atoms with E-state index in [0.717, 1.165) is 25.7 Å². The lowest BCUT2D eigenvalue weighted by Crippen LogP contribution is -2.27. The minimum absolute atomic E-state index is 0.124. The van der Waals surface area contributed by atoms with Gasteiger partial charge in [-0.3, -0.25) is 4.79 Å². The molecular weight excluding hydrogens is 180 g/mol. The van der Waals surface area contributed by atoms with E-state index >= 15 is 0 Å². The van der Waals surface area contributed by atoms with Gasteiger partial charge in [-0.25, -0.2) is 0 Å². The van der Waals surface area contributed by atoms with Gasteiger partial charge in [0, 0.05) is 0 Å². The maximum absolute atomic E-state index is 10.9. The standard InChI is InChI=1S/C11H16O3/c12-10-4-5-1-9(10)8-3-6(11(13)14)2-7(5)8/h5-10,12H,1-4H2,(H,13,14). The van der Waals surface area contributed by atoms with E-state index in [1.807, 2.05) is 0 Å². The van der Waals surface area contributed by atoms with Crippen molar-refractivity contribution in [2.45, 2.75) is 31.8 Å². The highest BCUT2D eigenvalue weighted by Gasteiger charge is 2.56. The molecule has 3 rings (SSSR count). The summed E-state index contributed by atoms with van der Waals surface area (Å²) >= 11 is 0. The molecule has 3 saturated carbocycles. The van der Waals surface area contributed by atoms with Crippen molar-refractivity contribution in [1.29, 1.82) is 0 Å². The van der Waals surface area contributed by atoms with Crippen molar-refractivity contribution in [2.24, 2.45) is 29.6 Å². The SMILES string of the molecule is O=C(O)C1CC2C3CC(O)C(C3)C2C1. The smallest absolute Gasteiger partial charge is 0.306 e. The van der Waals surface area contributed by atoms with Crippen molar-refractivity contribution in [1.82, 2.24) is 0 Å². The second-order valence-corrected chi connectivity index (χ2v) is 5.30. The van der Waals surface area contributed by atoms with Crippen LogP contribution in [0.2, 0.25) is 0 Å². The maximum atomic E-state index is 10.9. The van der Waals surface area contributed by atoms with Crippen LogP contribution >= 0.6 is 0 Å². The van der Waals surface area contributed by atoms with Crippen LogP contribution in [0.4, 0.5) is 0 Å². The number of fused-ring (bicyclic) bond motifs is 5. The lowest BCUT2D eigenvalue weighted by Gasteiger charge is -2.27. The molecule has 3 fully saturated rings. The molecule has 0 radical (unpaired) electrons. The molecule has 0 aliphatic heterocycles. The van der Waals surface area contributed by atoms with E-state index in [-0.39, 0.29) is 12.0 Å². The Balaban J connectivity index is 1.80. The zero-order chi connectivity index (χ0) is 9.87. The number of hydrogen-bond acceptors (Lipinski definition) is 2. The number of hydrogen-bond donors (Lipinski definition) is 2. The summed E-state index contributed by atoms with van der Waals surface area (Å²) in [7, 11) is 0. The average Bonchev–Trinajstić information content (AvgIpc) is 2.70. The molecule has 0 aromatic carbocycles. The first-order valence-electron chi connectivity index (χ1n) is 5.57. The molecule has 3 nitrogen and oxygen atoms in total. The third-order valence-corrected chi connectivity index (χ3v) is 4.78. The normalized spacial score (nSPS) is 54.9. The molecule has 6 unspecified atom stereocenters. The van der Waals surface area contributed by atoms with Gasteiger partial charge in [0.25, 0.3) is 0 Å². The Bertz CT molecular complexity index is 276. The van der Waals surface area contributed by atoms with Crippen LogP contribution in [-0.4, -0.2) is 22.3 Å². The average molecular weight is 196 g/mol. The molecule has 3 aliphatic carbocycles. The van der Waals surface area contributed by atoms with Gasteiger partial charge in [0.2, 0.25) is 0 Å². The van der Waals surface area contributed by atoms with E-state index < -0.39 is 5.97 Å². The first-order chi connectivity index (χ1) is 6.66. The largest absolute Gasteiger partial charge is 0.481 e. The zero-order valence-electron chi connectivity index (χ0n) is 8.10. The van der Waals surface area contributed by atoms with Gasteiger partial charge in [-0.15, -0.1) is 0 Å². The first kappa shape index (κ1) is 8.72. The predicted octanol–water partition coefficient (Wildman–Crippen LogP) is 1.11. The molecule has 3 aliphatic rings. The highest BCUT2D eigenvalue weighted by molar-refractivity contribution is 5.70. The maximum Gasteiger partial charge on any atom is 0.306 e. The van der Waals surface area contributed by atoms with Crippen molar-refractivity contribution >= 4 is 5.97 Å². The highest BCUT2D eigenvalue weighted by atomic mass is 16.4. The van der Waals surface area contributed by atoms with Crippen LogP contribution < -0.4 is 0 Å². The second kappa shape index (κ2) is 2.72. The van der Waals surface area contributed by atoms with Gasteiger partial charge in [0.05, 0.1) is 12.0 Å². The number of carboxylic acid groups (broad SMARTS) is 1. The topological polar surface area (TPSA) is 57.5 Å². The molecule has 0 heterocycles. The Labute approximate surface area is 83.1 Å². The molecule has 6 atom stereocenters. The van der Waals surface area contributed by atoms with Crippen molar-refractivity contribution in [3.8, 4) is 0 Å². The molecule has 0 aromatic heterocycles. The van der Waals surface area contributed by atoms with Crippen molar-refractivity contribution in [3.63, 3.8) is 0 Å². The van der Waals surface area contributed by atoms with Gasteiger partial charge >= 0.3 is 5.97 Å². The summed E-state index contributed by atoms with van der Waals surface area (Å²) in [6, 6.07) is 0. The zero-order valence-corrected chi connectivity index (χ0v) is 8.10. The number of rotatable bonds is 1. The summed E-state index contributed by atoms with van der Waals surface area (Å²) in [5.74, 6) is 1.43. The van der Waals surface area contributed by atoms with E-state index in [1.165, 1.54) is 0 Å². The lowest BCUT2D eigenvalue weighted by atomic mass is 9.80. The van der Waals surface area contributed by atoms with Gasteiger partial charge in [-0.05, 0) is 49.4 Å². The molecule has 0 amide bonds. The van der Waals surface area contributed by atoms with E-state index in [1.54, 1.807) is 0 Å². The summed E-state index contributed by atoms with van der Waals surface area (Å²) in [4.78, 5) is 10.9. The van der Waals surface area contributed by atoms with Crippen LogP contribution in [0.5, 0.6) is 0 Å². The first-order valence-corrected chi connectivity index (χ1v) is 5.57. The third kappa shape index (κ3) is 0.991. The van der Waals surface area contributed by atoms with Gasteiger partial charge < -0.3 is 10.2 Å². The van der Waals surface area contributed by atoms with Gasteiger partial charge in [-0.2, -0.15) is 0 Å². The fourth-order valence-electron chi connectivity index (χ4n) is 4.24. The molecule has 78 valence electrons. The van der Waals surface area contributed by atoms with Crippen molar-refractivity contribution in [3.05, 3.63) is 0 Å². The van der Waals surface area contributed by atoms with Gasteiger partial charge in [0.1, 0.15) is 0 Å². The number of aliphatic hydroxyl groups is 1. The lowest BCUT2D eigenvalue weighted by molar-refractivity contribution is -0.141. The van der Waals surface area contributed by atoms with E-state index in [2.05, 4.69) is 0 Å². The Morgan fingerprint density at radius 3 is 2.43 bits per heavy atom. The van der Waals surface area contributed by atoms with E-state index in [0.29, 0.717) is 23.7 Å². The van der Waals surface area contributed by atoms with Crippen LogP contribution in [0.1, 0.15) is 25.7 Å². The summed E-state index contributed by atoms with van der Waals surface area (Å²) in [5, 5.41) is 18.7. The summed E-state index contributed by atoms with van der Waals surface area (Å²) < 4.78 is 0. The summed E-state index contributed by atoms with van der Waals surface area (Å²) in [6.07, 6.45) is 3.64. The number of carboxylic acids is 1. The Hall–Kier alpha value is -0.570. The van der Waals surface area contributed by atoms with Crippen molar-refractivity contribution < 1.29 is 15.0 Å². The Morgan fingerprint density at radius 1 is 1.00 bits per heavy atom. The molecular formula is C11H16O3. The van der Waals surface area contributed by atoms with Crippen molar-refractivity contribution in [2.75, 3.05) is 0 Å². The predicted molar refractivity (Wildman–Crippen MR) is 49.6 cm³/mol. The van der Waals surface area contributed by atoms with E-state index in [4.69, 9.17) is 5.11 Å². The third-order valence-electron chi connectivity index (χ3n) is 4.78. The molecule has 2 bridgehead atoms. The minimum Gasteiger partial charge on any atom is -0.481 e. The Morgan fingerprint density at radius 2 is 1.71 bits per heavy atom. The van der Waals surface area contributed by atoms with Crippen LogP contribution in [0, 0.1) is 29.6 Å². The minimum atomic E-state index is -0.631. The highest BCUT2D eigenvalue weighted by Crippen LogP contribution is 2.60. The Kier molecular flexibility index (Phi) is 1.69. The van der Waals surface area contributed by atoms with E-state index in [9.17, 15) is 9.90 Å². The monoisotopic (exact) mass is 196 g/mol. The quantitative estimate of drug-likeness (QED) is 0.660.